The summed E-state index contributed by atoms with van der Waals surface area (Å²) < 4.78 is 0. The third-order valence-electron chi connectivity index (χ3n) is 5.58. The second kappa shape index (κ2) is 5.57. The minimum Gasteiger partial charge on any atom is -0.245 e. The molecule has 0 spiro atoms. The maximum absolute atomic E-state index is 10.2. The predicted octanol–water partition coefficient (Wildman–Crippen LogP) is 3.31. The first-order valence-electron chi connectivity index (χ1n) is 8.75. The van der Waals surface area contributed by atoms with Gasteiger partial charge >= 0.3 is 0 Å². The van der Waals surface area contributed by atoms with Gasteiger partial charge in [-0.2, -0.15) is 5.26 Å². The first-order valence-corrected chi connectivity index (χ1v) is 9.57. The molecule has 3 heterocycles. The van der Waals surface area contributed by atoms with Gasteiger partial charge < -0.3 is 0 Å². The molecule has 1 unspecified atom stereocenters. The normalized spacial score (nSPS) is 22.2. The van der Waals surface area contributed by atoms with Crippen molar-refractivity contribution in [1.82, 2.24) is 19.9 Å². The molecule has 2 aliphatic rings. The molecular formula is C19H17N5S. The topological polar surface area (TPSA) is 75.3 Å². The van der Waals surface area contributed by atoms with Crippen LogP contribution in [0.5, 0.6) is 0 Å². The summed E-state index contributed by atoms with van der Waals surface area (Å²) in [6.45, 7) is 0. The summed E-state index contributed by atoms with van der Waals surface area (Å²) in [5, 5.41) is 11.3. The van der Waals surface area contributed by atoms with E-state index in [9.17, 15) is 5.26 Å². The van der Waals surface area contributed by atoms with Crippen molar-refractivity contribution >= 4 is 21.6 Å². The van der Waals surface area contributed by atoms with Gasteiger partial charge in [0.15, 0.2) is 0 Å². The van der Waals surface area contributed by atoms with Gasteiger partial charge in [-0.15, -0.1) is 11.3 Å². The molecule has 0 N–H and O–H groups in total. The van der Waals surface area contributed by atoms with Crippen LogP contribution in [0.2, 0.25) is 0 Å². The zero-order valence-corrected chi connectivity index (χ0v) is 14.6. The van der Waals surface area contributed by atoms with E-state index < -0.39 is 5.41 Å². The Hall–Kier alpha value is -2.39. The van der Waals surface area contributed by atoms with Gasteiger partial charge in [-0.3, -0.25) is 0 Å². The summed E-state index contributed by atoms with van der Waals surface area (Å²) in [5.41, 5.74) is 3.86. The van der Waals surface area contributed by atoms with Gasteiger partial charge in [-0.25, -0.2) is 19.9 Å². The molecule has 3 aromatic heterocycles. The lowest BCUT2D eigenvalue weighted by Gasteiger charge is -2.31. The lowest BCUT2D eigenvalue weighted by molar-refractivity contribution is 0.456. The van der Waals surface area contributed by atoms with E-state index in [1.54, 1.807) is 24.0 Å². The number of nitrogens with zero attached hydrogens (tertiary/aromatic N) is 5. The second-order valence-corrected chi connectivity index (χ2v) is 8.06. The van der Waals surface area contributed by atoms with Crippen LogP contribution >= 0.6 is 11.3 Å². The van der Waals surface area contributed by atoms with Crippen molar-refractivity contribution in [3.05, 3.63) is 46.2 Å². The SMILES string of the molecule is N#CC1(c2ncnc3sc4c(c23)CCCC4)CCc2ncncc2C1. The van der Waals surface area contributed by atoms with E-state index >= 15 is 0 Å². The molecule has 0 amide bonds. The Balaban J connectivity index is 1.72. The highest BCUT2D eigenvalue weighted by atomic mass is 32.1. The van der Waals surface area contributed by atoms with E-state index in [4.69, 9.17) is 0 Å². The number of thiophene rings is 1. The molecule has 0 bridgehead atoms. The van der Waals surface area contributed by atoms with Gasteiger partial charge in [-0.05, 0) is 49.7 Å². The molecule has 0 saturated carbocycles. The smallest absolute Gasteiger partial charge is 0.127 e. The van der Waals surface area contributed by atoms with Crippen LogP contribution in [0, 0.1) is 11.3 Å². The van der Waals surface area contributed by atoms with Crippen LogP contribution in [0.25, 0.3) is 10.2 Å². The molecule has 124 valence electrons. The highest BCUT2D eigenvalue weighted by Crippen LogP contribution is 2.43. The molecule has 3 aromatic rings. The minimum atomic E-state index is -0.606. The molecular weight excluding hydrogens is 330 g/mol. The monoisotopic (exact) mass is 347 g/mol. The first kappa shape index (κ1) is 14.9. The average Bonchev–Trinajstić information content (AvgIpc) is 3.06. The van der Waals surface area contributed by atoms with Gasteiger partial charge in [0, 0.05) is 28.6 Å². The van der Waals surface area contributed by atoms with Crippen LogP contribution in [-0.2, 0) is 31.1 Å². The van der Waals surface area contributed by atoms with Crippen LogP contribution in [0.3, 0.4) is 0 Å². The van der Waals surface area contributed by atoms with Crippen molar-refractivity contribution in [2.24, 2.45) is 0 Å². The number of nitriles is 1. The third-order valence-corrected chi connectivity index (χ3v) is 6.78. The van der Waals surface area contributed by atoms with Crippen LogP contribution in [0.1, 0.15) is 46.7 Å². The second-order valence-electron chi connectivity index (χ2n) is 6.98. The number of aromatic nitrogens is 4. The van der Waals surface area contributed by atoms with Gasteiger partial charge in [-0.1, -0.05) is 0 Å². The lowest BCUT2D eigenvalue weighted by atomic mass is 9.70. The number of aryl methyl sites for hydroxylation is 3. The van der Waals surface area contributed by atoms with Crippen LogP contribution in [-0.4, -0.2) is 19.9 Å². The Bertz CT molecular complexity index is 1020. The fourth-order valence-corrected chi connectivity index (χ4v) is 5.53. The van der Waals surface area contributed by atoms with Crippen molar-refractivity contribution in [2.75, 3.05) is 0 Å². The number of fused-ring (bicyclic) bond motifs is 4. The molecule has 0 aliphatic heterocycles. The molecule has 5 nitrogen and oxygen atoms in total. The van der Waals surface area contributed by atoms with E-state index in [1.165, 1.54) is 23.3 Å². The lowest BCUT2D eigenvalue weighted by Crippen LogP contribution is -2.34. The van der Waals surface area contributed by atoms with E-state index in [-0.39, 0.29) is 0 Å². The summed E-state index contributed by atoms with van der Waals surface area (Å²) in [6.07, 6.45) is 11.9. The molecule has 0 saturated heterocycles. The van der Waals surface area contributed by atoms with Crippen molar-refractivity contribution in [2.45, 2.75) is 50.4 Å². The van der Waals surface area contributed by atoms with Gasteiger partial charge in [0.25, 0.3) is 0 Å². The quantitative estimate of drug-likeness (QED) is 0.675. The molecule has 0 aromatic carbocycles. The van der Waals surface area contributed by atoms with E-state index in [1.807, 2.05) is 6.20 Å². The largest absolute Gasteiger partial charge is 0.245 e. The molecule has 2 aliphatic carbocycles. The third kappa shape index (κ3) is 2.19. The Kier molecular flexibility index (Phi) is 3.32. The maximum Gasteiger partial charge on any atom is 0.127 e. The zero-order chi connectivity index (χ0) is 16.9. The first-order chi connectivity index (χ1) is 12.3. The van der Waals surface area contributed by atoms with Gasteiger partial charge in [0.05, 0.1) is 11.8 Å². The molecule has 1 atom stereocenters. The average molecular weight is 347 g/mol. The number of rotatable bonds is 1. The fourth-order valence-electron chi connectivity index (χ4n) is 4.31. The number of hydrogen-bond acceptors (Lipinski definition) is 6. The van der Waals surface area contributed by atoms with E-state index in [2.05, 4.69) is 26.0 Å². The summed E-state index contributed by atoms with van der Waals surface area (Å²) in [6, 6.07) is 2.62. The highest BCUT2D eigenvalue weighted by Gasteiger charge is 2.41. The Morgan fingerprint density at radius 2 is 2.00 bits per heavy atom. The minimum absolute atomic E-state index is 0.606. The standard InChI is InChI=1S/C19H17N5S/c20-9-19(6-5-14-12(7-19)8-21-10-22-14)17-16-13-3-1-2-4-15(13)25-18(16)24-11-23-17/h8,10-11H,1-7H2. The highest BCUT2D eigenvalue weighted by molar-refractivity contribution is 7.18. The summed E-state index contributed by atoms with van der Waals surface area (Å²) in [5.74, 6) is 0. The maximum atomic E-state index is 10.2. The summed E-state index contributed by atoms with van der Waals surface area (Å²) in [4.78, 5) is 20.2. The van der Waals surface area contributed by atoms with Crippen molar-refractivity contribution in [3.63, 3.8) is 0 Å². The van der Waals surface area contributed by atoms with Crippen LogP contribution in [0.4, 0.5) is 0 Å². The van der Waals surface area contributed by atoms with Crippen LogP contribution in [0.15, 0.2) is 18.9 Å². The summed E-state index contributed by atoms with van der Waals surface area (Å²) >= 11 is 1.79. The molecule has 0 fully saturated rings. The Labute approximate surface area is 149 Å². The van der Waals surface area contributed by atoms with Crippen molar-refractivity contribution in [1.29, 1.82) is 5.26 Å². The Morgan fingerprint density at radius 1 is 1.08 bits per heavy atom. The molecule has 25 heavy (non-hydrogen) atoms. The van der Waals surface area contributed by atoms with Gasteiger partial charge in [0.2, 0.25) is 0 Å². The fraction of sp³-hybridized carbons (Fsp3) is 0.421. The van der Waals surface area contributed by atoms with Crippen molar-refractivity contribution in [3.8, 4) is 6.07 Å². The molecule has 5 rings (SSSR count). The van der Waals surface area contributed by atoms with Crippen LogP contribution < -0.4 is 0 Å². The van der Waals surface area contributed by atoms with Crippen molar-refractivity contribution < 1.29 is 0 Å². The predicted molar refractivity (Wildman–Crippen MR) is 95.4 cm³/mol. The van der Waals surface area contributed by atoms with Gasteiger partial charge in [0.1, 0.15) is 22.9 Å². The number of hydrogen-bond donors (Lipinski definition) is 0. The van der Waals surface area contributed by atoms with E-state index in [0.29, 0.717) is 6.42 Å². The Morgan fingerprint density at radius 3 is 2.92 bits per heavy atom. The zero-order valence-electron chi connectivity index (χ0n) is 13.8. The molecule has 0 radical (unpaired) electrons. The van der Waals surface area contributed by atoms with E-state index in [0.717, 1.165) is 52.9 Å². The molecule has 6 heteroatoms. The summed E-state index contributed by atoms with van der Waals surface area (Å²) in [7, 11) is 0.